The highest BCUT2D eigenvalue weighted by atomic mass is 16.5. The molecule has 4 heterocycles. The molecule has 0 atom stereocenters. The van der Waals surface area contributed by atoms with Gasteiger partial charge in [0.05, 0.1) is 23.1 Å². The first-order chi connectivity index (χ1) is 17.5. The van der Waals surface area contributed by atoms with E-state index in [0.29, 0.717) is 17.1 Å². The second-order valence-electron chi connectivity index (χ2n) is 9.39. The number of nitrogens with one attached hydrogen (secondary N) is 1. The monoisotopic (exact) mass is 492 g/mol. The van der Waals surface area contributed by atoms with E-state index in [1.807, 2.05) is 16.8 Å². The predicted octanol–water partition coefficient (Wildman–Crippen LogP) is 3.10. The number of aromatic hydroxyl groups is 1. The molecule has 3 N–H and O–H groups in total. The molecule has 0 saturated carbocycles. The quantitative estimate of drug-likeness (QED) is 0.146. The Morgan fingerprint density at radius 2 is 2.00 bits per heavy atom. The SMILES string of the molecule is CC(=NO)c1cnn2ccc(CCCCCN3CCN(c4ccc(O)c5c4OCC(=O)N5)CC3)cc12. The van der Waals surface area contributed by atoms with Gasteiger partial charge >= 0.3 is 0 Å². The molecule has 1 fully saturated rings. The number of aryl methyl sites for hydroxylation is 1. The third kappa shape index (κ3) is 4.94. The first-order valence-electron chi connectivity index (χ1n) is 12.4. The highest BCUT2D eigenvalue weighted by Gasteiger charge is 2.27. The number of phenols is 1. The highest BCUT2D eigenvalue weighted by molar-refractivity contribution is 6.04. The van der Waals surface area contributed by atoms with E-state index in [-0.39, 0.29) is 18.3 Å². The van der Waals surface area contributed by atoms with Crippen molar-refractivity contribution in [1.29, 1.82) is 0 Å². The third-order valence-corrected chi connectivity index (χ3v) is 7.01. The number of ether oxygens (including phenoxy) is 1. The zero-order valence-electron chi connectivity index (χ0n) is 20.5. The number of carbonyl (C=O) groups is 1. The van der Waals surface area contributed by atoms with Gasteiger partial charge in [-0.1, -0.05) is 11.6 Å². The number of pyridine rings is 1. The molecule has 36 heavy (non-hydrogen) atoms. The van der Waals surface area contributed by atoms with Crippen LogP contribution in [0.1, 0.15) is 37.3 Å². The fourth-order valence-electron chi connectivity index (χ4n) is 4.96. The van der Waals surface area contributed by atoms with Crippen molar-refractivity contribution in [3.8, 4) is 11.5 Å². The summed E-state index contributed by atoms with van der Waals surface area (Å²) in [7, 11) is 0. The number of carbonyl (C=O) groups excluding carboxylic acids is 1. The van der Waals surface area contributed by atoms with Crippen LogP contribution in [0.5, 0.6) is 11.5 Å². The van der Waals surface area contributed by atoms with E-state index < -0.39 is 0 Å². The average Bonchev–Trinajstić information content (AvgIpc) is 3.32. The predicted molar refractivity (Wildman–Crippen MR) is 138 cm³/mol. The topological polar surface area (TPSA) is 115 Å². The fraction of sp³-hybridized carbons (Fsp3) is 0.423. The minimum atomic E-state index is -0.252. The van der Waals surface area contributed by atoms with Crippen molar-refractivity contribution in [1.82, 2.24) is 14.5 Å². The first-order valence-corrected chi connectivity index (χ1v) is 12.4. The number of phenolic OH excluding ortho intramolecular Hbond substituents is 1. The minimum absolute atomic E-state index is 0.0279. The van der Waals surface area contributed by atoms with Crippen LogP contribution in [0.3, 0.4) is 0 Å². The van der Waals surface area contributed by atoms with E-state index in [1.165, 1.54) is 5.56 Å². The lowest BCUT2D eigenvalue weighted by atomic mass is 10.1. The number of nitrogens with zero attached hydrogens (tertiary/aromatic N) is 5. The van der Waals surface area contributed by atoms with Gasteiger partial charge in [0, 0.05) is 37.9 Å². The summed E-state index contributed by atoms with van der Waals surface area (Å²) in [5.74, 6) is 0.335. The summed E-state index contributed by atoms with van der Waals surface area (Å²) in [4.78, 5) is 16.4. The average molecular weight is 493 g/mol. The molecule has 0 spiro atoms. The molecule has 0 bridgehead atoms. The van der Waals surface area contributed by atoms with E-state index in [1.54, 1.807) is 19.2 Å². The van der Waals surface area contributed by atoms with E-state index >= 15 is 0 Å². The van der Waals surface area contributed by atoms with Crippen LogP contribution in [-0.2, 0) is 11.2 Å². The van der Waals surface area contributed by atoms with Crippen LogP contribution in [0.2, 0.25) is 0 Å². The molecule has 2 aromatic heterocycles. The lowest BCUT2D eigenvalue weighted by Crippen LogP contribution is -2.47. The number of piperazine rings is 1. The summed E-state index contributed by atoms with van der Waals surface area (Å²) in [6.07, 6.45) is 8.13. The number of unbranched alkanes of at least 4 members (excludes halogenated alkanes) is 2. The molecule has 3 aromatic rings. The molecule has 10 heteroatoms. The van der Waals surface area contributed by atoms with Gasteiger partial charge in [0.25, 0.3) is 5.91 Å². The normalized spacial score (nSPS) is 16.6. The molecule has 0 radical (unpaired) electrons. The molecule has 190 valence electrons. The van der Waals surface area contributed by atoms with Crippen LogP contribution < -0.4 is 15.0 Å². The van der Waals surface area contributed by atoms with Crippen LogP contribution in [0.25, 0.3) is 5.52 Å². The van der Waals surface area contributed by atoms with Crippen molar-refractivity contribution in [3.63, 3.8) is 0 Å². The number of hydrogen-bond acceptors (Lipinski definition) is 8. The maximum atomic E-state index is 11.6. The van der Waals surface area contributed by atoms with Gasteiger partial charge in [0.2, 0.25) is 0 Å². The van der Waals surface area contributed by atoms with Crippen molar-refractivity contribution < 1.29 is 19.8 Å². The Morgan fingerprint density at radius 1 is 1.17 bits per heavy atom. The number of oxime groups is 1. The first kappa shape index (κ1) is 23.9. The zero-order valence-corrected chi connectivity index (χ0v) is 20.5. The van der Waals surface area contributed by atoms with Gasteiger partial charge in [0.15, 0.2) is 12.4 Å². The summed E-state index contributed by atoms with van der Waals surface area (Å²) in [5.41, 5.74) is 4.92. The van der Waals surface area contributed by atoms with E-state index in [2.05, 4.69) is 37.5 Å². The Morgan fingerprint density at radius 3 is 2.81 bits per heavy atom. The van der Waals surface area contributed by atoms with Crippen molar-refractivity contribution in [2.24, 2.45) is 5.16 Å². The highest BCUT2D eigenvalue weighted by Crippen LogP contribution is 2.43. The van der Waals surface area contributed by atoms with Crippen molar-refractivity contribution >= 4 is 28.5 Å². The Kier molecular flexibility index (Phi) is 6.95. The molecule has 2 aliphatic heterocycles. The molecule has 5 rings (SSSR count). The number of fused-ring (bicyclic) bond motifs is 2. The van der Waals surface area contributed by atoms with Gasteiger partial charge in [-0.3, -0.25) is 9.69 Å². The largest absolute Gasteiger partial charge is 0.506 e. The summed E-state index contributed by atoms with van der Waals surface area (Å²) < 4.78 is 7.46. The Hall–Kier alpha value is -3.79. The maximum absolute atomic E-state index is 11.6. The number of rotatable bonds is 8. The number of benzene rings is 1. The van der Waals surface area contributed by atoms with E-state index in [4.69, 9.17) is 9.94 Å². The number of aromatic nitrogens is 2. The molecule has 0 aliphatic carbocycles. The van der Waals surface area contributed by atoms with E-state index in [9.17, 15) is 9.90 Å². The van der Waals surface area contributed by atoms with Gasteiger partial charge in [-0.25, -0.2) is 4.52 Å². The van der Waals surface area contributed by atoms with Gasteiger partial charge < -0.3 is 25.3 Å². The van der Waals surface area contributed by atoms with Crippen LogP contribution in [0.4, 0.5) is 11.4 Å². The fourth-order valence-corrected chi connectivity index (χ4v) is 4.96. The zero-order chi connectivity index (χ0) is 25.1. The summed E-state index contributed by atoms with van der Waals surface area (Å²) >= 11 is 0. The van der Waals surface area contributed by atoms with E-state index in [0.717, 1.165) is 75.2 Å². The second-order valence-corrected chi connectivity index (χ2v) is 9.39. The minimum Gasteiger partial charge on any atom is -0.506 e. The van der Waals surface area contributed by atoms with Crippen LogP contribution in [0, 0.1) is 0 Å². The standard InChI is InChI=1S/C26H32N6O4/c1-18(29-35)20-16-27-32-10-8-19(15-22(20)32)5-3-2-4-9-30-11-13-31(14-12-30)21-6-7-23(33)25-26(21)36-17-24(34)28-25/h6-8,10,15-16,33,35H,2-5,9,11-14,17H2,1H3,(H,28,34). The van der Waals surface area contributed by atoms with Gasteiger partial charge in [0.1, 0.15) is 11.4 Å². The number of amides is 1. The number of anilines is 2. The lowest BCUT2D eigenvalue weighted by molar-refractivity contribution is -0.118. The summed E-state index contributed by atoms with van der Waals surface area (Å²) in [6.45, 7) is 6.50. The molecule has 1 aromatic carbocycles. The number of hydrogen-bond donors (Lipinski definition) is 3. The molecule has 2 aliphatic rings. The maximum Gasteiger partial charge on any atom is 0.262 e. The van der Waals surface area contributed by atoms with Crippen molar-refractivity contribution in [2.45, 2.75) is 32.6 Å². The Bertz CT molecular complexity index is 1280. The van der Waals surface area contributed by atoms with Crippen molar-refractivity contribution in [3.05, 3.63) is 47.8 Å². The Balaban J connectivity index is 1.07. The third-order valence-electron chi connectivity index (χ3n) is 7.01. The molecule has 1 saturated heterocycles. The lowest BCUT2D eigenvalue weighted by Gasteiger charge is -2.37. The second kappa shape index (κ2) is 10.4. The summed E-state index contributed by atoms with van der Waals surface area (Å²) in [5, 5.41) is 29.5. The molecule has 1 amide bonds. The van der Waals surface area contributed by atoms with Gasteiger partial charge in [-0.15, -0.1) is 0 Å². The molecule has 0 unspecified atom stereocenters. The van der Waals surface area contributed by atoms with Crippen LogP contribution >= 0.6 is 0 Å². The van der Waals surface area contributed by atoms with Crippen LogP contribution in [-0.4, -0.2) is 75.8 Å². The Labute approximate surface area is 209 Å². The van der Waals surface area contributed by atoms with Crippen molar-refractivity contribution in [2.75, 3.05) is 49.5 Å². The van der Waals surface area contributed by atoms with Gasteiger partial charge in [-0.05, 0) is 62.6 Å². The van der Waals surface area contributed by atoms with Gasteiger partial charge in [-0.2, -0.15) is 5.10 Å². The molecule has 10 nitrogen and oxygen atoms in total. The molecular formula is C26H32N6O4. The van der Waals surface area contributed by atoms with Crippen LogP contribution in [0.15, 0.2) is 41.8 Å². The smallest absolute Gasteiger partial charge is 0.262 e. The molecular weight excluding hydrogens is 460 g/mol. The summed E-state index contributed by atoms with van der Waals surface area (Å²) in [6, 6.07) is 7.71.